The molecular formula is C53H72N10O6S4. The first-order chi connectivity index (χ1) is 34.8. The van der Waals surface area contributed by atoms with Gasteiger partial charge in [0.05, 0.1) is 50.7 Å². The number of likely N-dealkylation sites (N-methyl/N-ethyl adjacent to an activating group) is 2. The van der Waals surface area contributed by atoms with Crippen molar-refractivity contribution in [2.24, 2.45) is 22.7 Å². The van der Waals surface area contributed by atoms with Gasteiger partial charge in [0, 0.05) is 32.7 Å². The van der Waals surface area contributed by atoms with Gasteiger partial charge in [-0.05, 0) is 104 Å². The number of nitrogens with zero attached hydrogens (tertiary/aromatic N) is 4. The summed E-state index contributed by atoms with van der Waals surface area (Å²) in [6.07, 6.45) is 3.40. The van der Waals surface area contributed by atoms with Gasteiger partial charge in [-0.1, -0.05) is 101 Å². The zero-order valence-corrected chi connectivity index (χ0v) is 46.3. The maximum atomic E-state index is 14.9. The highest BCUT2D eigenvalue weighted by atomic mass is 32.2. The van der Waals surface area contributed by atoms with Gasteiger partial charge in [0.25, 0.3) is 0 Å². The number of carbonyl (C=O) groups is 6. The zero-order valence-electron chi connectivity index (χ0n) is 43.0. The fourth-order valence-corrected chi connectivity index (χ4v) is 16.3. The fourth-order valence-electron chi connectivity index (χ4n) is 12.6. The van der Waals surface area contributed by atoms with Crippen molar-refractivity contribution >= 4 is 93.4 Å². The first kappa shape index (κ1) is 53.5. The molecule has 2 aromatic carbocycles. The van der Waals surface area contributed by atoms with Crippen LogP contribution in [0.25, 0.3) is 0 Å². The van der Waals surface area contributed by atoms with Crippen LogP contribution in [0.1, 0.15) is 94.6 Å². The molecule has 0 spiro atoms. The maximum Gasteiger partial charge on any atom is 0.246 e. The lowest BCUT2D eigenvalue weighted by Crippen LogP contribution is -2.58. The average Bonchev–Trinajstić information content (AvgIpc) is 4.02. The van der Waals surface area contributed by atoms with Crippen molar-refractivity contribution in [3.8, 4) is 0 Å². The second kappa shape index (κ2) is 21.7. The predicted octanol–water partition coefficient (Wildman–Crippen LogP) is 3.30. The molecule has 394 valence electrons. The van der Waals surface area contributed by atoms with E-state index in [9.17, 15) is 28.8 Å². The second-order valence-electron chi connectivity index (χ2n) is 22.3. The van der Waals surface area contributed by atoms with Crippen LogP contribution in [0.2, 0.25) is 0 Å². The standard InChI is InChI=1S/C53H72N10O6S4/c1-29(55-7)47(71)57-37-17-23-73-40-27-53(4,5)44(63(40)51(37)69)46(65)59-42-33-15-11-9-13-31(33)25-35(42)49(67)61-20-18-60(19-21-61)48(66)34-24-30-12-8-10-14-32(30)41(34)58-45(64)43-52(2,3)26-39-62(43)50(68)36(16-22-72-39)56-38(70)28-54-6/h8-15,29,34-37,39-44,54-55H,16-28H2,1-7H3,(H,56,70)(H,57,71)(H,58,64)(H,59,65)/t29-,34+,35+,36-,37-,39-,40-,41?,42-,43+,44+/m0/s1. The molecule has 20 heteroatoms. The van der Waals surface area contributed by atoms with Crippen molar-refractivity contribution in [2.45, 2.75) is 126 Å². The van der Waals surface area contributed by atoms with Crippen molar-refractivity contribution in [1.82, 2.24) is 51.5 Å². The van der Waals surface area contributed by atoms with E-state index < -0.39 is 58.9 Å². The topological polar surface area (TPSA) is 188 Å². The summed E-state index contributed by atoms with van der Waals surface area (Å²) in [6.45, 7) is 11.8. The first-order valence-corrected chi connectivity index (χ1v) is 28.9. The first-order valence-electron chi connectivity index (χ1n) is 26.0. The third-order valence-corrected chi connectivity index (χ3v) is 19.7. The van der Waals surface area contributed by atoms with E-state index in [0.717, 1.165) is 33.8 Å². The fraction of sp³-hybridized carbons (Fsp3) is 0.623. The molecule has 7 aliphatic rings. The minimum Gasteiger partial charge on any atom is -0.367 e. The van der Waals surface area contributed by atoms with Gasteiger partial charge in [0.2, 0.25) is 35.4 Å². The summed E-state index contributed by atoms with van der Waals surface area (Å²) in [5.41, 5.74) is 2.72. The number of amides is 6. The molecule has 5 fully saturated rings. The molecule has 0 bridgehead atoms. The van der Waals surface area contributed by atoms with Gasteiger partial charge in [-0.2, -0.15) is 0 Å². The molecular weight excluding hydrogens is 1000 g/mol. The lowest BCUT2D eigenvalue weighted by molar-refractivity contribution is -0.146. The molecule has 1 unspecified atom stereocenters. The van der Waals surface area contributed by atoms with Gasteiger partial charge < -0.3 is 51.5 Å². The average molecular weight is 1070 g/mol. The SMILES string of the molecule is CNCC(=S)N[C@H]1CCS[C@H]2CC(C)(C)[C@@H](C(=O)NC3c4ccccc4C[C@H]3C(=O)N3CCN(C(=O)[C@@H]4Cc5ccccc5[C@@H]4NC(=O)[C@H]4N5C(=O)[C@@H](NC(=S)[C@H](C)NC)CCS[C@H]5CC4(C)C)CC3)N2C1=O. The highest BCUT2D eigenvalue weighted by Gasteiger charge is 2.57. The Morgan fingerprint density at radius 2 is 1.08 bits per heavy atom. The van der Waals surface area contributed by atoms with Crippen LogP contribution >= 0.6 is 48.0 Å². The Labute approximate surface area is 449 Å². The Morgan fingerprint density at radius 3 is 1.51 bits per heavy atom. The molecule has 0 radical (unpaired) electrons. The Balaban J connectivity index is 0.880. The molecule has 0 aromatic heterocycles. The molecule has 5 aliphatic heterocycles. The van der Waals surface area contributed by atoms with Crippen LogP contribution < -0.4 is 31.9 Å². The second-order valence-corrected chi connectivity index (χ2v) is 25.8. The summed E-state index contributed by atoms with van der Waals surface area (Å²) in [7, 11) is 3.63. The highest BCUT2D eigenvalue weighted by Crippen LogP contribution is 2.49. The van der Waals surface area contributed by atoms with Gasteiger partial charge in [-0.15, -0.1) is 23.5 Å². The van der Waals surface area contributed by atoms with Crippen molar-refractivity contribution in [3.63, 3.8) is 0 Å². The Morgan fingerprint density at radius 1 is 0.658 bits per heavy atom. The van der Waals surface area contributed by atoms with E-state index >= 15 is 0 Å². The molecule has 6 amide bonds. The normalized spacial score (nSPS) is 30.5. The quantitative estimate of drug-likeness (QED) is 0.170. The van der Waals surface area contributed by atoms with Crippen molar-refractivity contribution < 1.29 is 28.8 Å². The summed E-state index contributed by atoms with van der Waals surface area (Å²) >= 11 is 14.6. The maximum absolute atomic E-state index is 14.9. The number of piperazine rings is 1. The summed E-state index contributed by atoms with van der Waals surface area (Å²) in [5.74, 6) is -0.667. The molecule has 73 heavy (non-hydrogen) atoms. The zero-order chi connectivity index (χ0) is 52.1. The molecule has 5 saturated heterocycles. The van der Waals surface area contributed by atoms with Crippen LogP contribution in [0.4, 0.5) is 0 Å². The largest absolute Gasteiger partial charge is 0.367 e. The van der Waals surface area contributed by atoms with Crippen LogP contribution in [0.15, 0.2) is 48.5 Å². The smallest absolute Gasteiger partial charge is 0.246 e. The molecule has 5 heterocycles. The molecule has 6 N–H and O–H groups in total. The number of fused-ring (bicyclic) bond motifs is 4. The van der Waals surface area contributed by atoms with E-state index in [1.807, 2.05) is 100.0 Å². The van der Waals surface area contributed by atoms with Crippen molar-refractivity contribution in [1.29, 1.82) is 0 Å². The predicted molar refractivity (Wildman–Crippen MR) is 293 cm³/mol. The van der Waals surface area contributed by atoms with E-state index in [4.69, 9.17) is 24.4 Å². The molecule has 2 aromatic rings. The number of thiocarbonyl (C=S) groups is 2. The molecule has 9 rings (SSSR count). The van der Waals surface area contributed by atoms with Crippen LogP contribution in [-0.2, 0) is 41.6 Å². The minimum atomic E-state index is -0.761. The molecule has 2 aliphatic carbocycles. The monoisotopic (exact) mass is 1070 g/mol. The van der Waals surface area contributed by atoms with E-state index in [2.05, 4.69) is 31.9 Å². The van der Waals surface area contributed by atoms with E-state index in [1.54, 1.807) is 40.4 Å². The lowest BCUT2D eigenvalue weighted by Gasteiger charge is -2.39. The third-order valence-electron chi connectivity index (χ3n) is 16.5. The van der Waals surface area contributed by atoms with Crippen LogP contribution in [0.5, 0.6) is 0 Å². The van der Waals surface area contributed by atoms with Crippen molar-refractivity contribution in [2.75, 3.05) is 58.3 Å². The molecule has 0 saturated carbocycles. The van der Waals surface area contributed by atoms with Gasteiger partial charge in [0.1, 0.15) is 24.2 Å². The highest BCUT2D eigenvalue weighted by molar-refractivity contribution is 8.00. The number of benzene rings is 2. The summed E-state index contributed by atoms with van der Waals surface area (Å²) in [5, 5.41) is 19.1. The van der Waals surface area contributed by atoms with Gasteiger partial charge >= 0.3 is 0 Å². The number of nitrogens with one attached hydrogen (secondary N) is 6. The number of hydrogen-bond donors (Lipinski definition) is 6. The van der Waals surface area contributed by atoms with Crippen LogP contribution in [0.3, 0.4) is 0 Å². The minimum absolute atomic E-state index is 0.0891. The number of carbonyl (C=O) groups excluding carboxylic acids is 6. The summed E-state index contributed by atoms with van der Waals surface area (Å²) in [4.78, 5) is 96.4. The lowest BCUT2D eigenvalue weighted by atomic mass is 9.83. The summed E-state index contributed by atoms with van der Waals surface area (Å²) in [6, 6.07) is 11.8. The van der Waals surface area contributed by atoms with E-state index in [0.29, 0.717) is 81.2 Å². The van der Waals surface area contributed by atoms with Crippen molar-refractivity contribution in [3.05, 3.63) is 70.8 Å². The van der Waals surface area contributed by atoms with Gasteiger partial charge in [0.15, 0.2) is 0 Å². The summed E-state index contributed by atoms with van der Waals surface area (Å²) < 4.78 is 0. The van der Waals surface area contributed by atoms with E-state index in [-0.39, 0.29) is 52.2 Å². The number of thioether (sulfide) groups is 2. The van der Waals surface area contributed by atoms with E-state index in [1.165, 1.54) is 0 Å². The Kier molecular flexibility index (Phi) is 15.9. The number of hydrogen-bond acceptors (Lipinski definition) is 12. The Bertz CT molecular complexity index is 2520. The Hall–Kier alpha value is -4.34. The van der Waals surface area contributed by atoms with Gasteiger partial charge in [-0.25, -0.2) is 0 Å². The number of rotatable bonds is 12. The van der Waals surface area contributed by atoms with Crippen LogP contribution in [0, 0.1) is 22.7 Å². The third kappa shape index (κ3) is 10.5. The van der Waals surface area contributed by atoms with Crippen LogP contribution in [-0.4, -0.2) is 164 Å². The molecule has 11 atom stereocenters. The van der Waals surface area contributed by atoms with Gasteiger partial charge in [-0.3, -0.25) is 28.8 Å². The molecule has 16 nitrogen and oxygen atoms in total.